The number of pyridine rings is 1. The Bertz CT molecular complexity index is 618. The predicted octanol–water partition coefficient (Wildman–Crippen LogP) is 4.57. The Hall–Kier alpha value is -2.41. The molecule has 0 saturated heterocycles. The maximum Gasteiger partial charge on any atom is 0.0341 e. The number of aryl methyl sites for hydroxylation is 1. The Balaban J connectivity index is 2.11. The second-order valence-electron chi connectivity index (χ2n) is 5.03. The van der Waals surface area contributed by atoms with Crippen LogP contribution in [0.25, 0.3) is 0 Å². The summed E-state index contributed by atoms with van der Waals surface area (Å²) < 4.78 is 0. The van der Waals surface area contributed by atoms with E-state index in [0.717, 1.165) is 0 Å². The number of rotatable bonds is 3. The summed E-state index contributed by atoms with van der Waals surface area (Å²) in [6.45, 7) is 2.12. The van der Waals surface area contributed by atoms with E-state index in [-0.39, 0.29) is 5.92 Å². The largest absolute Gasteiger partial charge is 0.265 e. The van der Waals surface area contributed by atoms with Crippen LogP contribution in [0.2, 0.25) is 0 Å². The van der Waals surface area contributed by atoms with Crippen molar-refractivity contribution in [2.45, 2.75) is 12.8 Å². The Kier molecular flexibility index (Phi) is 3.60. The van der Waals surface area contributed by atoms with E-state index in [9.17, 15) is 0 Å². The molecule has 0 amide bonds. The normalized spacial score (nSPS) is 12.1. The molecular formula is C19H17N. The van der Waals surface area contributed by atoms with Gasteiger partial charge < -0.3 is 0 Å². The van der Waals surface area contributed by atoms with E-state index in [1.54, 1.807) is 0 Å². The molecule has 0 spiro atoms. The van der Waals surface area contributed by atoms with Gasteiger partial charge in [0.05, 0.1) is 0 Å². The minimum Gasteiger partial charge on any atom is -0.265 e. The van der Waals surface area contributed by atoms with Gasteiger partial charge in [-0.3, -0.25) is 4.98 Å². The highest BCUT2D eigenvalue weighted by atomic mass is 14.6. The van der Waals surface area contributed by atoms with Gasteiger partial charge in [0.1, 0.15) is 0 Å². The van der Waals surface area contributed by atoms with Crippen LogP contribution in [0.15, 0.2) is 79.1 Å². The van der Waals surface area contributed by atoms with Crippen molar-refractivity contribution in [1.29, 1.82) is 0 Å². The molecular weight excluding hydrogens is 242 g/mol. The first-order valence-electron chi connectivity index (χ1n) is 6.86. The third-order valence-corrected chi connectivity index (χ3v) is 3.58. The topological polar surface area (TPSA) is 12.9 Å². The lowest BCUT2D eigenvalue weighted by molar-refractivity contribution is 0.969. The Morgan fingerprint density at radius 3 is 1.85 bits per heavy atom. The van der Waals surface area contributed by atoms with Gasteiger partial charge in [0.15, 0.2) is 0 Å². The molecule has 98 valence electrons. The van der Waals surface area contributed by atoms with Crippen LogP contribution >= 0.6 is 0 Å². The third-order valence-electron chi connectivity index (χ3n) is 3.58. The average molecular weight is 259 g/mol. The maximum absolute atomic E-state index is 4.13. The second-order valence-corrected chi connectivity index (χ2v) is 5.03. The van der Waals surface area contributed by atoms with Crippen LogP contribution < -0.4 is 0 Å². The molecule has 0 bridgehead atoms. The van der Waals surface area contributed by atoms with Crippen LogP contribution in [0.3, 0.4) is 0 Å². The number of hydrogen-bond donors (Lipinski definition) is 0. The van der Waals surface area contributed by atoms with Crippen LogP contribution in [0.1, 0.15) is 28.2 Å². The number of hydrogen-bond acceptors (Lipinski definition) is 1. The van der Waals surface area contributed by atoms with Gasteiger partial charge >= 0.3 is 0 Å². The van der Waals surface area contributed by atoms with Crippen molar-refractivity contribution in [2.75, 3.05) is 0 Å². The Labute approximate surface area is 119 Å². The summed E-state index contributed by atoms with van der Waals surface area (Å²) in [6.07, 6.45) is 3.72. The molecule has 0 fully saturated rings. The van der Waals surface area contributed by atoms with Gasteiger partial charge in [-0.1, -0.05) is 60.2 Å². The molecule has 3 aromatic rings. The van der Waals surface area contributed by atoms with Crippen LogP contribution in [-0.2, 0) is 0 Å². The van der Waals surface area contributed by atoms with Crippen molar-refractivity contribution in [3.63, 3.8) is 0 Å². The zero-order valence-electron chi connectivity index (χ0n) is 11.5. The lowest BCUT2D eigenvalue weighted by Crippen LogP contribution is -2.03. The molecule has 1 heterocycles. The summed E-state index contributed by atoms with van der Waals surface area (Å²) in [5.41, 5.74) is 5.18. The summed E-state index contributed by atoms with van der Waals surface area (Å²) >= 11 is 0. The molecule has 1 heteroatoms. The summed E-state index contributed by atoms with van der Waals surface area (Å²) in [4.78, 5) is 4.13. The van der Waals surface area contributed by atoms with Crippen LogP contribution in [0.4, 0.5) is 0 Å². The molecule has 0 radical (unpaired) electrons. The molecule has 20 heavy (non-hydrogen) atoms. The van der Waals surface area contributed by atoms with E-state index in [0.29, 0.717) is 0 Å². The number of benzene rings is 2. The van der Waals surface area contributed by atoms with Gasteiger partial charge in [0.25, 0.3) is 0 Å². The first-order chi connectivity index (χ1) is 9.84. The molecule has 0 saturated carbocycles. The average Bonchev–Trinajstić information content (AvgIpc) is 2.52. The first kappa shape index (κ1) is 12.6. The van der Waals surface area contributed by atoms with Crippen LogP contribution in [-0.4, -0.2) is 4.98 Å². The standard InChI is InChI=1S/C19H17N/c1-15-7-9-17(10-8-15)19(16-5-3-2-4-6-16)18-11-13-20-14-12-18/h2-14,19H,1H3. The minimum atomic E-state index is 0.264. The molecule has 0 aliphatic carbocycles. The van der Waals surface area contributed by atoms with E-state index >= 15 is 0 Å². The second kappa shape index (κ2) is 5.70. The van der Waals surface area contributed by atoms with Crippen molar-refractivity contribution < 1.29 is 0 Å². The lowest BCUT2D eigenvalue weighted by Gasteiger charge is -2.18. The van der Waals surface area contributed by atoms with Crippen molar-refractivity contribution in [3.8, 4) is 0 Å². The van der Waals surface area contributed by atoms with Crippen LogP contribution in [0, 0.1) is 6.92 Å². The summed E-state index contributed by atoms with van der Waals surface area (Å²) in [6, 6.07) is 23.6. The van der Waals surface area contributed by atoms with Gasteiger partial charge in [-0.15, -0.1) is 0 Å². The maximum atomic E-state index is 4.13. The molecule has 3 rings (SSSR count). The summed E-state index contributed by atoms with van der Waals surface area (Å²) in [5.74, 6) is 0.264. The van der Waals surface area contributed by atoms with Gasteiger partial charge in [0, 0.05) is 18.3 Å². The highest BCUT2D eigenvalue weighted by Crippen LogP contribution is 2.31. The van der Waals surface area contributed by atoms with E-state index in [1.807, 2.05) is 12.4 Å². The molecule has 1 unspecified atom stereocenters. The van der Waals surface area contributed by atoms with E-state index in [1.165, 1.54) is 22.3 Å². The number of aromatic nitrogens is 1. The molecule has 1 nitrogen and oxygen atoms in total. The van der Waals surface area contributed by atoms with Crippen molar-refractivity contribution in [1.82, 2.24) is 4.98 Å². The molecule has 0 aliphatic rings. The third kappa shape index (κ3) is 2.62. The van der Waals surface area contributed by atoms with Crippen molar-refractivity contribution >= 4 is 0 Å². The molecule has 1 aromatic heterocycles. The van der Waals surface area contributed by atoms with Crippen molar-refractivity contribution in [3.05, 3.63) is 101 Å². The zero-order chi connectivity index (χ0) is 13.8. The highest BCUT2D eigenvalue weighted by Gasteiger charge is 2.15. The molecule has 0 aliphatic heterocycles. The van der Waals surface area contributed by atoms with Crippen molar-refractivity contribution in [2.24, 2.45) is 0 Å². The fourth-order valence-corrected chi connectivity index (χ4v) is 2.54. The fraction of sp³-hybridized carbons (Fsp3) is 0.105. The Morgan fingerprint density at radius 2 is 1.20 bits per heavy atom. The molecule has 1 atom stereocenters. The summed E-state index contributed by atoms with van der Waals surface area (Å²) in [7, 11) is 0. The van der Waals surface area contributed by atoms with E-state index < -0.39 is 0 Å². The Morgan fingerprint density at radius 1 is 0.650 bits per heavy atom. The van der Waals surface area contributed by atoms with Gasteiger partial charge in [-0.2, -0.15) is 0 Å². The monoisotopic (exact) mass is 259 g/mol. The first-order valence-corrected chi connectivity index (χ1v) is 6.86. The minimum absolute atomic E-state index is 0.264. The number of nitrogens with zero attached hydrogens (tertiary/aromatic N) is 1. The van der Waals surface area contributed by atoms with Gasteiger partial charge in [-0.25, -0.2) is 0 Å². The predicted molar refractivity (Wildman–Crippen MR) is 82.8 cm³/mol. The zero-order valence-corrected chi connectivity index (χ0v) is 11.5. The van der Waals surface area contributed by atoms with Gasteiger partial charge in [-0.05, 0) is 35.7 Å². The fourth-order valence-electron chi connectivity index (χ4n) is 2.54. The molecule has 2 aromatic carbocycles. The molecule has 0 N–H and O–H groups in total. The lowest BCUT2D eigenvalue weighted by atomic mass is 9.85. The van der Waals surface area contributed by atoms with E-state index in [2.05, 4.69) is 78.6 Å². The van der Waals surface area contributed by atoms with Crippen LogP contribution in [0.5, 0.6) is 0 Å². The highest BCUT2D eigenvalue weighted by molar-refractivity contribution is 5.42. The van der Waals surface area contributed by atoms with E-state index in [4.69, 9.17) is 0 Å². The quantitative estimate of drug-likeness (QED) is 0.671. The SMILES string of the molecule is Cc1ccc(C(c2ccccc2)c2ccncc2)cc1. The summed E-state index contributed by atoms with van der Waals surface area (Å²) in [5, 5.41) is 0. The smallest absolute Gasteiger partial charge is 0.0341 e. The van der Waals surface area contributed by atoms with Gasteiger partial charge in [0.2, 0.25) is 0 Å².